The third-order valence-electron chi connectivity index (χ3n) is 5.64. The monoisotopic (exact) mass is 406 g/mol. The molecule has 3 rings (SSSR count). The summed E-state index contributed by atoms with van der Waals surface area (Å²) in [5, 5.41) is 15.5. The number of hydrogen-bond donors (Lipinski definition) is 3. The lowest BCUT2D eigenvalue weighted by Gasteiger charge is -2.23. The molecule has 1 fully saturated rings. The molecule has 2 amide bonds. The SMILES string of the molecule is O=C(O)CCCC(=O)Nc1sc2c(c1C(=O)NC1CCCCC1)CCCCC2. The van der Waals surface area contributed by atoms with Crippen LogP contribution in [-0.4, -0.2) is 28.9 Å². The van der Waals surface area contributed by atoms with E-state index in [0.29, 0.717) is 17.0 Å². The summed E-state index contributed by atoms with van der Waals surface area (Å²) in [6, 6.07) is 0.224. The highest BCUT2D eigenvalue weighted by atomic mass is 32.1. The fourth-order valence-electron chi connectivity index (χ4n) is 4.16. The van der Waals surface area contributed by atoms with Crippen LogP contribution in [0.5, 0.6) is 0 Å². The standard InChI is InChI=1S/C21H30N2O4S/c24-17(12-7-13-18(25)26)23-21-19(15-10-5-2-6-11-16(15)28-21)20(27)22-14-8-3-1-4-9-14/h14H,1-13H2,(H,22,27)(H,23,24)(H,25,26). The van der Waals surface area contributed by atoms with Crippen LogP contribution >= 0.6 is 11.3 Å². The van der Waals surface area contributed by atoms with Crippen molar-refractivity contribution in [1.82, 2.24) is 5.32 Å². The van der Waals surface area contributed by atoms with Crippen LogP contribution in [0.4, 0.5) is 5.00 Å². The molecule has 0 radical (unpaired) electrons. The number of carboxylic acids is 1. The first-order valence-corrected chi connectivity index (χ1v) is 11.3. The molecule has 0 atom stereocenters. The number of fused-ring (bicyclic) bond motifs is 1. The maximum atomic E-state index is 13.1. The van der Waals surface area contributed by atoms with Crippen molar-refractivity contribution in [3.05, 3.63) is 16.0 Å². The van der Waals surface area contributed by atoms with E-state index < -0.39 is 5.97 Å². The van der Waals surface area contributed by atoms with Gasteiger partial charge in [0.25, 0.3) is 5.91 Å². The molecular formula is C21H30N2O4S. The third-order valence-corrected chi connectivity index (χ3v) is 6.84. The van der Waals surface area contributed by atoms with Crippen molar-refractivity contribution < 1.29 is 19.5 Å². The number of carbonyl (C=O) groups is 3. The minimum Gasteiger partial charge on any atom is -0.481 e. The number of nitrogens with one attached hydrogen (secondary N) is 2. The molecule has 0 aliphatic heterocycles. The van der Waals surface area contributed by atoms with Crippen LogP contribution in [0.1, 0.15) is 91.4 Å². The number of aryl methyl sites for hydroxylation is 1. The highest BCUT2D eigenvalue weighted by Crippen LogP contribution is 2.38. The molecule has 0 unspecified atom stereocenters. The summed E-state index contributed by atoms with van der Waals surface area (Å²) >= 11 is 1.52. The fraction of sp³-hybridized carbons (Fsp3) is 0.667. The largest absolute Gasteiger partial charge is 0.481 e. The van der Waals surface area contributed by atoms with Gasteiger partial charge in [-0.05, 0) is 50.5 Å². The van der Waals surface area contributed by atoms with E-state index in [4.69, 9.17) is 5.11 Å². The second kappa shape index (κ2) is 10.0. The zero-order chi connectivity index (χ0) is 19.9. The van der Waals surface area contributed by atoms with Gasteiger partial charge in [0.2, 0.25) is 5.91 Å². The topological polar surface area (TPSA) is 95.5 Å². The molecular weight excluding hydrogens is 376 g/mol. The molecule has 0 bridgehead atoms. The summed E-state index contributed by atoms with van der Waals surface area (Å²) < 4.78 is 0. The van der Waals surface area contributed by atoms with E-state index in [-0.39, 0.29) is 30.7 Å². The molecule has 154 valence electrons. The van der Waals surface area contributed by atoms with Gasteiger partial charge in [-0.3, -0.25) is 14.4 Å². The molecule has 28 heavy (non-hydrogen) atoms. The summed E-state index contributed by atoms with van der Waals surface area (Å²) in [4.78, 5) is 37.3. The zero-order valence-electron chi connectivity index (χ0n) is 16.3. The van der Waals surface area contributed by atoms with Crippen molar-refractivity contribution >= 4 is 34.1 Å². The molecule has 1 aromatic rings. The van der Waals surface area contributed by atoms with Gasteiger partial charge in [-0.15, -0.1) is 11.3 Å². The van der Waals surface area contributed by atoms with Gasteiger partial charge >= 0.3 is 5.97 Å². The highest BCUT2D eigenvalue weighted by molar-refractivity contribution is 7.17. The Balaban J connectivity index is 1.75. The van der Waals surface area contributed by atoms with Crippen molar-refractivity contribution in [3.63, 3.8) is 0 Å². The zero-order valence-corrected chi connectivity index (χ0v) is 17.2. The van der Waals surface area contributed by atoms with Crippen molar-refractivity contribution in [1.29, 1.82) is 0 Å². The van der Waals surface area contributed by atoms with E-state index in [0.717, 1.165) is 56.9 Å². The molecule has 2 aliphatic rings. The number of carboxylic acid groups (broad SMARTS) is 1. The fourth-order valence-corrected chi connectivity index (χ4v) is 5.47. The van der Waals surface area contributed by atoms with Gasteiger partial charge in [0.15, 0.2) is 0 Å². The third kappa shape index (κ3) is 5.56. The van der Waals surface area contributed by atoms with Gasteiger partial charge in [0.05, 0.1) is 5.56 Å². The van der Waals surface area contributed by atoms with Crippen molar-refractivity contribution in [2.75, 3.05) is 5.32 Å². The van der Waals surface area contributed by atoms with Gasteiger partial charge in [-0.2, -0.15) is 0 Å². The number of aliphatic carboxylic acids is 1. The van der Waals surface area contributed by atoms with E-state index in [9.17, 15) is 14.4 Å². The molecule has 0 spiro atoms. The maximum absolute atomic E-state index is 13.1. The normalized spacial score (nSPS) is 17.4. The summed E-state index contributed by atoms with van der Waals surface area (Å²) in [5.41, 5.74) is 1.76. The maximum Gasteiger partial charge on any atom is 0.303 e. The Hall–Kier alpha value is -1.89. The lowest BCUT2D eigenvalue weighted by molar-refractivity contribution is -0.137. The molecule has 2 aliphatic carbocycles. The second-order valence-electron chi connectivity index (χ2n) is 7.87. The molecule has 3 N–H and O–H groups in total. The van der Waals surface area contributed by atoms with Crippen molar-refractivity contribution in [2.24, 2.45) is 0 Å². The van der Waals surface area contributed by atoms with Crippen molar-refractivity contribution in [3.8, 4) is 0 Å². The first kappa shape index (κ1) is 20.8. The van der Waals surface area contributed by atoms with Crippen LogP contribution in [0.3, 0.4) is 0 Å². The van der Waals surface area contributed by atoms with Crippen LogP contribution in [0, 0.1) is 0 Å². The number of hydrogen-bond acceptors (Lipinski definition) is 4. The summed E-state index contributed by atoms with van der Waals surface area (Å²) in [6.07, 6.45) is 11.2. The summed E-state index contributed by atoms with van der Waals surface area (Å²) in [5.74, 6) is -1.18. The molecule has 1 saturated carbocycles. The number of rotatable bonds is 7. The number of carbonyl (C=O) groups excluding carboxylic acids is 2. The molecule has 6 nitrogen and oxygen atoms in total. The average Bonchev–Trinajstić information content (AvgIpc) is 2.83. The van der Waals surface area contributed by atoms with Crippen LogP contribution in [0.2, 0.25) is 0 Å². The van der Waals surface area contributed by atoms with E-state index in [1.807, 2.05) is 0 Å². The van der Waals surface area contributed by atoms with Crippen LogP contribution < -0.4 is 10.6 Å². The number of amides is 2. The lowest BCUT2D eigenvalue weighted by Crippen LogP contribution is -2.36. The van der Waals surface area contributed by atoms with E-state index >= 15 is 0 Å². The Morgan fingerprint density at radius 2 is 1.68 bits per heavy atom. The highest BCUT2D eigenvalue weighted by Gasteiger charge is 2.27. The van der Waals surface area contributed by atoms with Gasteiger partial charge in [0, 0.05) is 23.8 Å². The summed E-state index contributed by atoms with van der Waals surface area (Å²) in [7, 11) is 0. The quantitative estimate of drug-likeness (QED) is 0.589. The second-order valence-corrected chi connectivity index (χ2v) is 8.98. The van der Waals surface area contributed by atoms with Crippen LogP contribution in [0.25, 0.3) is 0 Å². The Morgan fingerprint density at radius 1 is 0.964 bits per heavy atom. The van der Waals surface area contributed by atoms with Gasteiger partial charge in [-0.25, -0.2) is 0 Å². The van der Waals surface area contributed by atoms with Crippen LogP contribution in [-0.2, 0) is 22.4 Å². The first-order valence-electron chi connectivity index (χ1n) is 10.5. The van der Waals surface area contributed by atoms with E-state index in [1.165, 1.54) is 29.1 Å². The smallest absolute Gasteiger partial charge is 0.303 e. The Morgan fingerprint density at radius 3 is 2.43 bits per heavy atom. The minimum absolute atomic E-state index is 0.0244. The summed E-state index contributed by atoms with van der Waals surface area (Å²) in [6.45, 7) is 0. The van der Waals surface area contributed by atoms with Gasteiger partial charge in [0.1, 0.15) is 5.00 Å². The van der Waals surface area contributed by atoms with E-state index in [2.05, 4.69) is 10.6 Å². The Bertz CT molecular complexity index is 722. The Kier molecular flexibility index (Phi) is 7.48. The minimum atomic E-state index is -0.900. The average molecular weight is 407 g/mol. The molecule has 1 aromatic heterocycles. The van der Waals surface area contributed by atoms with Gasteiger partial charge in [-0.1, -0.05) is 25.7 Å². The predicted molar refractivity (Wildman–Crippen MR) is 110 cm³/mol. The van der Waals surface area contributed by atoms with Crippen LogP contribution in [0.15, 0.2) is 0 Å². The lowest BCUT2D eigenvalue weighted by atomic mass is 9.95. The van der Waals surface area contributed by atoms with Crippen molar-refractivity contribution in [2.45, 2.75) is 89.5 Å². The van der Waals surface area contributed by atoms with E-state index in [1.54, 1.807) is 0 Å². The predicted octanol–water partition coefficient (Wildman–Crippen LogP) is 4.27. The number of thiophene rings is 1. The Labute approximate surface area is 170 Å². The molecule has 0 saturated heterocycles. The number of anilines is 1. The molecule has 7 heteroatoms. The first-order chi connectivity index (χ1) is 13.5. The molecule has 1 heterocycles. The molecule has 0 aromatic carbocycles. The van der Waals surface area contributed by atoms with Gasteiger partial charge < -0.3 is 15.7 Å².